The largest absolute Gasteiger partial charge is 0.459 e. The molecule has 2 aliphatic heterocycles. The predicted molar refractivity (Wildman–Crippen MR) is 165 cm³/mol. The molecule has 20 nitrogen and oxygen atoms in total. The van der Waals surface area contributed by atoms with Gasteiger partial charge in [0.1, 0.15) is 24.4 Å². The molecule has 0 aliphatic carbocycles. The fourth-order valence-corrected chi connectivity index (χ4v) is 5.90. The minimum absolute atomic E-state index is 0.456. The summed E-state index contributed by atoms with van der Waals surface area (Å²) in [4.78, 5) is 98.0. The first-order valence-electron chi connectivity index (χ1n) is 16.0. The quantitative estimate of drug-likeness (QED) is 0.157. The van der Waals surface area contributed by atoms with Crippen LogP contribution in [-0.2, 0) is 95.2 Å². The number of hydrogen-bond donors (Lipinski definition) is 0. The Morgan fingerprint density at radius 2 is 0.654 bits per heavy atom. The molecule has 2 saturated heterocycles. The van der Waals surface area contributed by atoms with Crippen LogP contribution in [0.25, 0.3) is 0 Å². The van der Waals surface area contributed by atoms with Crippen molar-refractivity contribution in [3.63, 3.8) is 0 Å². The van der Waals surface area contributed by atoms with E-state index in [9.17, 15) is 38.4 Å². The van der Waals surface area contributed by atoms with Gasteiger partial charge in [-0.05, 0) is 0 Å². The van der Waals surface area contributed by atoms with E-state index in [1.54, 1.807) is 0 Å². The third-order valence-corrected chi connectivity index (χ3v) is 7.44. The smallest absolute Gasteiger partial charge is 0.303 e. The lowest BCUT2D eigenvalue weighted by Gasteiger charge is -2.46. The second-order valence-electron chi connectivity index (χ2n) is 11.8. The van der Waals surface area contributed by atoms with Gasteiger partial charge in [0.25, 0.3) is 0 Å². The molecule has 2 rings (SSSR count). The molecule has 0 aromatic carbocycles. The Balaban J connectivity index is 2.68. The highest BCUT2D eigenvalue weighted by Gasteiger charge is 2.55. The van der Waals surface area contributed by atoms with E-state index in [0.29, 0.717) is 0 Å². The van der Waals surface area contributed by atoms with Crippen LogP contribution in [0.5, 0.6) is 0 Å². The second kappa shape index (κ2) is 20.0. The summed E-state index contributed by atoms with van der Waals surface area (Å²) < 4.78 is 66.5. The Morgan fingerprint density at radius 1 is 0.404 bits per heavy atom. The highest BCUT2D eigenvalue weighted by molar-refractivity contribution is 5.70. The van der Waals surface area contributed by atoms with Crippen molar-refractivity contribution in [2.75, 3.05) is 14.2 Å². The van der Waals surface area contributed by atoms with Crippen molar-refractivity contribution >= 4 is 47.8 Å². The van der Waals surface area contributed by atoms with Gasteiger partial charge in [0.05, 0.1) is 0 Å². The van der Waals surface area contributed by atoms with Crippen LogP contribution in [0.15, 0.2) is 0 Å². The molecule has 0 spiro atoms. The Morgan fingerprint density at radius 3 is 0.885 bits per heavy atom. The molecule has 0 aromatic rings. The molecule has 0 amide bonds. The number of esters is 8. The average molecular weight is 751 g/mol. The van der Waals surface area contributed by atoms with Crippen molar-refractivity contribution in [1.29, 1.82) is 0 Å². The summed E-state index contributed by atoms with van der Waals surface area (Å²) in [5.41, 5.74) is 0. The van der Waals surface area contributed by atoms with Crippen molar-refractivity contribution in [3.8, 4) is 0 Å². The molecular formula is C32H46O20. The summed E-state index contributed by atoms with van der Waals surface area (Å²) in [6.07, 6.45) is -18.3. The van der Waals surface area contributed by atoms with Crippen molar-refractivity contribution in [1.82, 2.24) is 0 Å². The SMILES string of the molecule is CO[C@H]1O[C@H](C[C@@H](OC(C)=O)[C@@H](C[C@H]2O[C@H](OC)[C@@H](OC(C)=O)[C@@H](OC(C)=O)[C@@H]2OC(C)=O)OC(C)=O)[C@@H](OC(C)=O)[C@H](OC(C)=O)[C@@H]1OC(C)=O. The van der Waals surface area contributed by atoms with Crippen molar-refractivity contribution in [2.24, 2.45) is 0 Å². The summed E-state index contributed by atoms with van der Waals surface area (Å²) in [7, 11) is 2.40. The number of carbonyl (C=O) groups excluding carboxylic acids is 8. The van der Waals surface area contributed by atoms with Crippen LogP contribution in [-0.4, -0.2) is 136 Å². The molecule has 0 unspecified atom stereocenters. The number of rotatable bonds is 15. The summed E-state index contributed by atoms with van der Waals surface area (Å²) in [5, 5.41) is 0. The molecule has 2 fully saturated rings. The van der Waals surface area contributed by atoms with Gasteiger partial charge >= 0.3 is 47.8 Å². The number of hydrogen-bond acceptors (Lipinski definition) is 20. The Hall–Kier alpha value is -4.40. The molecule has 0 saturated carbocycles. The lowest BCUT2D eigenvalue weighted by atomic mass is 9.89. The molecule has 2 heterocycles. The monoisotopic (exact) mass is 750 g/mol. The maximum absolute atomic E-state index is 12.5. The highest BCUT2D eigenvalue weighted by atomic mass is 16.7. The normalized spacial score (nSPS) is 29.6. The first-order valence-corrected chi connectivity index (χ1v) is 16.0. The summed E-state index contributed by atoms with van der Waals surface area (Å²) in [6.45, 7) is 8.51. The van der Waals surface area contributed by atoms with Gasteiger partial charge in [-0.2, -0.15) is 0 Å². The molecule has 294 valence electrons. The van der Waals surface area contributed by atoms with E-state index in [2.05, 4.69) is 0 Å². The van der Waals surface area contributed by atoms with Crippen LogP contribution in [0.2, 0.25) is 0 Å². The molecule has 2 aliphatic rings. The lowest BCUT2D eigenvalue weighted by Crippen LogP contribution is -2.63. The minimum atomic E-state index is -1.51. The van der Waals surface area contributed by atoms with Gasteiger partial charge in [0.15, 0.2) is 49.2 Å². The van der Waals surface area contributed by atoms with E-state index in [1.165, 1.54) is 14.2 Å². The first-order chi connectivity index (χ1) is 24.3. The Labute approximate surface area is 299 Å². The predicted octanol–water partition coefficient (Wildman–Crippen LogP) is -0.0372. The minimum Gasteiger partial charge on any atom is -0.459 e. The third kappa shape index (κ3) is 13.0. The fourth-order valence-electron chi connectivity index (χ4n) is 5.90. The van der Waals surface area contributed by atoms with E-state index in [-0.39, 0.29) is 0 Å². The molecule has 0 radical (unpaired) electrons. The van der Waals surface area contributed by atoms with Gasteiger partial charge in [-0.25, -0.2) is 0 Å². The molecular weight excluding hydrogens is 704 g/mol. The van der Waals surface area contributed by atoms with Gasteiger partial charge < -0.3 is 56.8 Å². The highest BCUT2D eigenvalue weighted by Crippen LogP contribution is 2.36. The molecule has 0 aromatic heterocycles. The van der Waals surface area contributed by atoms with Crippen molar-refractivity contribution in [3.05, 3.63) is 0 Å². The van der Waals surface area contributed by atoms with Gasteiger partial charge in [-0.1, -0.05) is 0 Å². The average Bonchev–Trinajstić information content (AvgIpc) is 2.99. The molecule has 12 atom stereocenters. The summed E-state index contributed by atoms with van der Waals surface area (Å²) in [6, 6.07) is 0. The third-order valence-electron chi connectivity index (χ3n) is 7.44. The zero-order valence-electron chi connectivity index (χ0n) is 30.5. The van der Waals surface area contributed by atoms with Crippen LogP contribution in [0, 0.1) is 0 Å². The second-order valence-corrected chi connectivity index (χ2v) is 11.8. The van der Waals surface area contributed by atoms with Crippen LogP contribution in [0.1, 0.15) is 68.2 Å². The molecule has 0 N–H and O–H groups in total. The van der Waals surface area contributed by atoms with Gasteiger partial charge in [-0.3, -0.25) is 38.4 Å². The van der Waals surface area contributed by atoms with Gasteiger partial charge in [0, 0.05) is 82.5 Å². The van der Waals surface area contributed by atoms with E-state index in [4.69, 9.17) is 56.8 Å². The zero-order chi connectivity index (χ0) is 39.4. The zero-order valence-corrected chi connectivity index (χ0v) is 30.5. The topological polar surface area (TPSA) is 247 Å². The van der Waals surface area contributed by atoms with Crippen LogP contribution in [0.4, 0.5) is 0 Å². The van der Waals surface area contributed by atoms with E-state index in [1.807, 2.05) is 0 Å². The Kier molecular flexibility index (Phi) is 16.8. The van der Waals surface area contributed by atoms with Gasteiger partial charge in [0.2, 0.25) is 0 Å². The summed E-state index contributed by atoms with van der Waals surface area (Å²) >= 11 is 0. The summed E-state index contributed by atoms with van der Waals surface area (Å²) in [5.74, 6) is -6.79. The Bertz CT molecular complexity index is 1220. The van der Waals surface area contributed by atoms with Gasteiger partial charge in [-0.15, -0.1) is 0 Å². The molecule has 52 heavy (non-hydrogen) atoms. The first kappa shape index (κ1) is 43.8. The van der Waals surface area contributed by atoms with Crippen LogP contribution in [0.3, 0.4) is 0 Å². The van der Waals surface area contributed by atoms with Crippen LogP contribution < -0.4 is 0 Å². The van der Waals surface area contributed by atoms with Crippen LogP contribution >= 0.6 is 0 Å². The fraction of sp³-hybridized carbons (Fsp3) is 0.750. The van der Waals surface area contributed by atoms with E-state index in [0.717, 1.165) is 55.4 Å². The lowest BCUT2D eigenvalue weighted by molar-refractivity contribution is -0.306. The number of ether oxygens (including phenoxy) is 12. The maximum Gasteiger partial charge on any atom is 0.303 e. The maximum atomic E-state index is 12.5. The van der Waals surface area contributed by atoms with E-state index >= 15 is 0 Å². The number of methoxy groups -OCH3 is 2. The van der Waals surface area contributed by atoms with Crippen molar-refractivity contribution in [2.45, 2.75) is 142 Å². The van der Waals surface area contributed by atoms with Crippen molar-refractivity contribution < 1.29 is 95.2 Å². The molecule has 20 heteroatoms. The molecule has 0 bridgehead atoms. The van der Waals surface area contributed by atoms with E-state index < -0.39 is 134 Å². The standard InChI is InChI=1S/C32H46O20/c1-13(33)43-21(11-23-25(45-15(3)35)27(47-17(5)37)29(49-19(7)39)31(41-9)51-23)22(44-14(2)34)12-24-26(46-16(4)36)28(48-18(6)38)30(50-20(8)40)32(42-10)52-24/h21-32H,11-12H2,1-10H3/t21-,22-,23-,24-,25-,26-,27+,28+,29+,30+,31+,32+/m1/s1. The number of carbonyl (C=O) groups is 8.